The van der Waals surface area contributed by atoms with Gasteiger partial charge in [-0.2, -0.15) is 5.10 Å². The maximum Gasteiger partial charge on any atom is 0.129 e. The van der Waals surface area contributed by atoms with Gasteiger partial charge in [-0.1, -0.05) is 0 Å². The summed E-state index contributed by atoms with van der Waals surface area (Å²) in [5.41, 5.74) is 8.97. The van der Waals surface area contributed by atoms with Crippen molar-refractivity contribution in [3.8, 4) is 21.7 Å². The van der Waals surface area contributed by atoms with Gasteiger partial charge in [-0.05, 0) is 24.6 Å². The molecule has 0 bridgehead atoms. The summed E-state index contributed by atoms with van der Waals surface area (Å²) in [6.45, 7) is 1.98. The highest BCUT2D eigenvalue weighted by Crippen LogP contribution is 2.37. The Hall–Kier alpha value is -2.21. The van der Waals surface area contributed by atoms with Crippen molar-refractivity contribution in [2.75, 3.05) is 5.73 Å². The molecular formula is C13H13N5S. The van der Waals surface area contributed by atoms with Crippen molar-refractivity contribution in [2.24, 2.45) is 7.05 Å². The van der Waals surface area contributed by atoms with E-state index in [0.717, 1.165) is 26.7 Å². The van der Waals surface area contributed by atoms with Crippen LogP contribution in [0.4, 0.5) is 5.82 Å². The molecule has 0 aliphatic rings. The van der Waals surface area contributed by atoms with Crippen molar-refractivity contribution < 1.29 is 0 Å². The Labute approximate surface area is 114 Å². The Balaban J connectivity index is 2.24. The van der Waals surface area contributed by atoms with Gasteiger partial charge < -0.3 is 5.73 Å². The number of aromatic nitrogens is 4. The fraction of sp³-hybridized carbons (Fsp3) is 0.154. The van der Waals surface area contributed by atoms with Crippen LogP contribution in [-0.4, -0.2) is 19.7 Å². The van der Waals surface area contributed by atoms with Gasteiger partial charge in [0.2, 0.25) is 0 Å². The van der Waals surface area contributed by atoms with Gasteiger partial charge in [-0.3, -0.25) is 9.67 Å². The lowest BCUT2D eigenvalue weighted by Crippen LogP contribution is -1.97. The number of nitrogens with zero attached hydrogens (tertiary/aromatic N) is 4. The van der Waals surface area contributed by atoms with Crippen LogP contribution in [0.1, 0.15) is 5.01 Å². The highest BCUT2D eigenvalue weighted by Gasteiger charge is 2.18. The van der Waals surface area contributed by atoms with E-state index in [1.807, 2.05) is 32.3 Å². The van der Waals surface area contributed by atoms with Crippen molar-refractivity contribution in [1.82, 2.24) is 19.7 Å². The molecule has 0 spiro atoms. The first-order valence-corrected chi connectivity index (χ1v) is 6.64. The zero-order valence-electron chi connectivity index (χ0n) is 10.7. The molecule has 0 saturated heterocycles. The Morgan fingerprint density at radius 2 is 2.00 bits per heavy atom. The Morgan fingerprint density at radius 3 is 2.63 bits per heavy atom. The SMILES string of the molecule is Cc1ncc(-c2nn(C)c(N)c2-c2ccncc2)s1. The number of hydrogen-bond donors (Lipinski definition) is 1. The molecule has 3 rings (SSSR count). The van der Waals surface area contributed by atoms with E-state index in [0.29, 0.717) is 5.82 Å². The Kier molecular flexibility index (Phi) is 2.79. The number of hydrogen-bond acceptors (Lipinski definition) is 5. The maximum absolute atomic E-state index is 6.14. The summed E-state index contributed by atoms with van der Waals surface area (Å²) in [6.07, 6.45) is 5.35. The first-order valence-electron chi connectivity index (χ1n) is 5.82. The van der Waals surface area contributed by atoms with Gasteiger partial charge in [0.15, 0.2) is 0 Å². The van der Waals surface area contributed by atoms with Crippen LogP contribution in [0.15, 0.2) is 30.7 Å². The number of nitrogen functional groups attached to an aromatic ring is 1. The van der Waals surface area contributed by atoms with Gasteiger partial charge in [0.1, 0.15) is 11.5 Å². The van der Waals surface area contributed by atoms with Gasteiger partial charge in [-0.15, -0.1) is 11.3 Å². The third-order valence-corrected chi connectivity index (χ3v) is 3.83. The standard InChI is InChI=1S/C13H13N5S/c1-8-16-7-10(19-8)12-11(13(14)18(2)17-12)9-3-5-15-6-4-9/h3-7H,14H2,1-2H3. The number of thiazole rings is 1. The predicted molar refractivity (Wildman–Crippen MR) is 76.7 cm³/mol. The predicted octanol–water partition coefficient (Wildman–Crippen LogP) is 2.50. The third-order valence-electron chi connectivity index (χ3n) is 2.92. The molecule has 0 atom stereocenters. The maximum atomic E-state index is 6.14. The van der Waals surface area contributed by atoms with Crippen LogP contribution in [0.3, 0.4) is 0 Å². The van der Waals surface area contributed by atoms with E-state index in [1.165, 1.54) is 0 Å². The van der Waals surface area contributed by atoms with Crippen LogP contribution in [0.2, 0.25) is 0 Å². The fourth-order valence-corrected chi connectivity index (χ4v) is 2.75. The minimum atomic E-state index is 0.646. The van der Waals surface area contributed by atoms with Crippen molar-refractivity contribution in [3.63, 3.8) is 0 Å². The third kappa shape index (κ3) is 2.00. The van der Waals surface area contributed by atoms with E-state index in [2.05, 4.69) is 15.1 Å². The average molecular weight is 271 g/mol. The molecule has 96 valence electrons. The number of rotatable bonds is 2. The second-order valence-electron chi connectivity index (χ2n) is 4.21. The molecule has 5 nitrogen and oxygen atoms in total. The molecular weight excluding hydrogens is 258 g/mol. The van der Waals surface area contributed by atoms with Crippen LogP contribution in [0.25, 0.3) is 21.7 Å². The van der Waals surface area contributed by atoms with E-state index >= 15 is 0 Å². The van der Waals surface area contributed by atoms with E-state index in [1.54, 1.807) is 28.4 Å². The Bertz CT molecular complexity index is 714. The first-order chi connectivity index (χ1) is 9.16. The number of pyridine rings is 1. The van der Waals surface area contributed by atoms with E-state index in [9.17, 15) is 0 Å². The smallest absolute Gasteiger partial charge is 0.129 e. The summed E-state index contributed by atoms with van der Waals surface area (Å²) in [6, 6.07) is 3.87. The molecule has 2 N–H and O–H groups in total. The number of anilines is 1. The normalized spacial score (nSPS) is 10.8. The summed E-state index contributed by atoms with van der Waals surface area (Å²) in [5.74, 6) is 0.646. The molecule has 19 heavy (non-hydrogen) atoms. The van der Waals surface area contributed by atoms with Gasteiger partial charge in [0.05, 0.1) is 15.4 Å². The van der Waals surface area contributed by atoms with E-state index in [-0.39, 0.29) is 0 Å². The summed E-state index contributed by atoms with van der Waals surface area (Å²) < 4.78 is 1.69. The molecule has 0 aliphatic heterocycles. The summed E-state index contributed by atoms with van der Waals surface area (Å²) in [5, 5.41) is 5.53. The number of aryl methyl sites for hydroxylation is 2. The topological polar surface area (TPSA) is 69.6 Å². The number of nitrogens with two attached hydrogens (primary N) is 1. The van der Waals surface area contributed by atoms with Crippen molar-refractivity contribution >= 4 is 17.2 Å². The van der Waals surface area contributed by atoms with Gasteiger partial charge in [0.25, 0.3) is 0 Å². The highest BCUT2D eigenvalue weighted by molar-refractivity contribution is 7.15. The minimum Gasteiger partial charge on any atom is -0.383 e. The first kappa shape index (κ1) is 11.9. The van der Waals surface area contributed by atoms with E-state index in [4.69, 9.17) is 5.73 Å². The van der Waals surface area contributed by atoms with Crippen LogP contribution in [-0.2, 0) is 7.05 Å². The van der Waals surface area contributed by atoms with Crippen LogP contribution >= 0.6 is 11.3 Å². The van der Waals surface area contributed by atoms with Crippen molar-refractivity contribution in [3.05, 3.63) is 35.7 Å². The van der Waals surface area contributed by atoms with Crippen molar-refractivity contribution in [2.45, 2.75) is 6.92 Å². The molecule has 3 aromatic heterocycles. The molecule has 0 unspecified atom stereocenters. The molecule has 0 aliphatic carbocycles. The molecule has 0 saturated carbocycles. The highest BCUT2D eigenvalue weighted by atomic mass is 32.1. The molecule has 0 radical (unpaired) electrons. The molecule has 3 heterocycles. The second kappa shape index (κ2) is 4.47. The minimum absolute atomic E-state index is 0.646. The van der Waals surface area contributed by atoms with E-state index < -0.39 is 0 Å². The summed E-state index contributed by atoms with van der Waals surface area (Å²) >= 11 is 1.61. The second-order valence-corrected chi connectivity index (χ2v) is 5.45. The Morgan fingerprint density at radius 1 is 1.26 bits per heavy atom. The lowest BCUT2D eigenvalue weighted by Gasteiger charge is -2.01. The molecule has 0 aromatic carbocycles. The largest absolute Gasteiger partial charge is 0.383 e. The van der Waals surface area contributed by atoms with Gasteiger partial charge in [0, 0.05) is 25.6 Å². The summed E-state index contributed by atoms with van der Waals surface area (Å²) in [7, 11) is 1.84. The van der Waals surface area contributed by atoms with Crippen LogP contribution in [0.5, 0.6) is 0 Å². The van der Waals surface area contributed by atoms with Gasteiger partial charge >= 0.3 is 0 Å². The summed E-state index contributed by atoms with van der Waals surface area (Å²) in [4.78, 5) is 9.34. The van der Waals surface area contributed by atoms with Gasteiger partial charge in [-0.25, -0.2) is 4.98 Å². The quantitative estimate of drug-likeness (QED) is 0.777. The zero-order chi connectivity index (χ0) is 13.4. The molecule has 0 amide bonds. The molecule has 0 fully saturated rings. The average Bonchev–Trinajstić information content (AvgIpc) is 2.96. The lowest BCUT2D eigenvalue weighted by molar-refractivity contribution is 0.783. The lowest BCUT2D eigenvalue weighted by atomic mass is 10.1. The fourth-order valence-electron chi connectivity index (χ4n) is 1.98. The monoisotopic (exact) mass is 271 g/mol. The zero-order valence-corrected chi connectivity index (χ0v) is 11.5. The van der Waals surface area contributed by atoms with Crippen molar-refractivity contribution in [1.29, 1.82) is 0 Å². The van der Waals surface area contributed by atoms with Crippen LogP contribution < -0.4 is 5.73 Å². The van der Waals surface area contributed by atoms with Crippen LogP contribution in [0, 0.1) is 6.92 Å². The molecule has 3 aromatic rings. The molecule has 6 heteroatoms.